The van der Waals surface area contributed by atoms with E-state index < -0.39 is 4.92 Å². The van der Waals surface area contributed by atoms with Gasteiger partial charge in [-0.15, -0.1) is 11.8 Å². The van der Waals surface area contributed by atoms with Crippen LogP contribution in [0.15, 0.2) is 89.8 Å². The van der Waals surface area contributed by atoms with E-state index in [9.17, 15) is 14.9 Å². The first-order chi connectivity index (χ1) is 14.1. The molecule has 5 nitrogen and oxygen atoms in total. The van der Waals surface area contributed by atoms with Gasteiger partial charge < -0.3 is 4.90 Å². The Morgan fingerprint density at radius 2 is 1.52 bits per heavy atom. The average Bonchev–Trinajstić information content (AvgIpc) is 2.76. The second-order valence-corrected chi connectivity index (χ2v) is 8.21. The van der Waals surface area contributed by atoms with Gasteiger partial charge in [0, 0.05) is 34.4 Å². The van der Waals surface area contributed by atoms with Gasteiger partial charge in [0.1, 0.15) is 0 Å². The van der Waals surface area contributed by atoms with Gasteiger partial charge in [0.2, 0.25) is 5.91 Å². The molecule has 0 radical (unpaired) electrons. The number of benzene rings is 3. The maximum Gasteiger partial charge on any atom is 0.269 e. The summed E-state index contributed by atoms with van der Waals surface area (Å²) < 4.78 is 0. The Morgan fingerprint density at radius 3 is 2.14 bits per heavy atom. The smallest absolute Gasteiger partial charge is 0.269 e. The van der Waals surface area contributed by atoms with Crippen molar-refractivity contribution in [3.63, 3.8) is 0 Å². The molecule has 3 aromatic rings. The number of carbonyl (C=O) groups excluding carboxylic acids is 1. The summed E-state index contributed by atoms with van der Waals surface area (Å²) in [6, 6.07) is 26.3. The number of anilines is 1. The third-order valence-corrected chi connectivity index (χ3v) is 6.39. The number of non-ortho nitro benzene ring substituents is 1. The summed E-state index contributed by atoms with van der Waals surface area (Å²) >= 11 is 1.67. The molecule has 0 saturated carbocycles. The van der Waals surface area contributed by atoms with E-state index in [0.717, 1.165) is 22.6 Å². The predicted molar refractivity (Wildman–Crippen MR) is 115 cm³/mol. The van der Waals surface area contributed by atoms with Gasteiger partial charge in [-0.05, 0) is 36.2 Å². The first-order valence-corrected chi connectivity index (χ1v) is 10.3. The minimum Gasteiger partial charge on any atom is -0.304 e. The third kappa shape index (κ3) is 4.17. The molecule has 1 amide bonds. The molecule has 0 aliphatic carbocycles. The molecule has 6 heteroatoms. The van der Waals surface area contributed by atoms with E-state index in [4.69, 9.17) is 0 Å². The molecular weight excluding hydrogens is 384 g/mol. The summed E-state index contributed by atoms with van der Waals surface area (Å²) in [6.45, 7) is 0. The molecular formula is C23H20N2O3S. The Kier molecular flexibility index (Phi) is 5.62. The summed E-state index contributed by atoms with van der Waals surface area (Å²) in [4.78, 5) is 26.3. The maximum atomic E-state index is 12.9. The first kappa shape index (κ1) is 19.2. The van der Waals surface area contributed by atoms with E-state index in [1.54, 1.807) is 23.9 Å². The number of nitro benzene ring substituents is 1. The van der Waals surface area contributed by atoms with Gasteiger partial charge in [0.25, 0.3) is 5.69 Å². The number of carbonyl (C=O) groups is 1. The van der Waals surface area contributed by atoms with Crippen molar-refractivity contribution in [3.05, 3.63) is 101 Å². The number of rotatable bonds is 5. The zero-order valence-corrected chi connectivity index (χ0v) is 16.5. The second-order valence-electron chi connectivity index (χ2n) is 6.90. The lowest BCUT2D eigenvalue weighted by Crippen LogP contribution is -2.44. The Labute approximate surface area is 173 Å². The minimum atomic E-state index is -0.391. The highest BCUT2D eigenvalue weighted by Gasteiger charge is 2.38. The van der Waals surface area contributed by atoms with Crippen molar-refractivity contribution in [1.29, 1.82) is 0 Å². The van der Waals surface area contributed by atoms with Gasteiger partial charge in [0.05, 0.1) is 11.0 Å². The zero-order valence-electron chi connectivity index (χ0n) is 15.7. The standard InChI is InChI=1S/C23H20N2O3S/c26-22-16-15-21(29-20-13-11-19(12-14-20)25(27)28)23(17-7-3-1-4-8-17)24(22)18-9-5-2-6-10-18/h1-14,21,23H,15-16H2/t21-,23-/m1/s1. The van der Waals surface area contributed by atoms with E-state index in [-0.39, 0.29) is 22.9 Å². The average molecular weight is 404 g/mol. The summed E-state index contributed by atoms with van der Waals surface area (Å²) in [7, 11) is 0. The number of nitro groups is 1. The van der Waals surface area contributed by atoms with Gasteiger partial charge in [0.15, 0.2) is 0 Å². The quantitative estimate of drug-likeness (QED) is 0.409. The monoisotopic (exact) mass is 404 g/mol. The Morgan fingerprint density at radius 1 is 0.897 bits per heavy atom. The lowest BCUT2D eigenvalue weighted by Gasteiger charge is -2.41. The normalized spacial score (nSPS) is 19.2. The molecule has 0 unspecified atom stereocenters. The summed E-state index contributed by atoms with van der Waals surface area (Å²) in [5, 5.41) is 11.1. The highest BCUT2D eigenvalue weighted by Crippen LogP contribution is 2.44. The lowest BCUT2D eigenvalue weighted by molar-refractivity contribution is -0.384. The molecule has 0 N–H and O–H groups in total. The third-order valence-electron chi connectivity index (χ3n) is 5.05. The highest BCUT2D eigenvalue weighted by molar-refractivity contribution is 8.00. The molecule has 2 atom stereocenters. The molecule has 1 aliphatic rings. The van der Waals surface area contributed by atoms with Crippen molar-refractivity contribution < 1.29 is 9.72 Å². The van der Waals surface area contributed by atoms with Crippen LogP contribution in [0.25, 0.3) is 0 Å². The second kappa shape index (κ2) is 8.49. The largest absolute Gasteiger partial charge is 0.304 e. The summed E-state index contributed by atoms with van der Waals surface area (Å²) in [5.74, 6) is 0.116. The van der Waals surface area contributed by atoms with E-state index in [2.05, 4.69) is 12.1 Å². The number of amides is 1. The number of hydrogen-bond acceptors (Lipinski definition) is 4. The number of piperidine rings is 1. The molecule has 1 saturated heterocycles. The van der Waals surface area contributed by atoms with Crippen LogP contribution in [0, 0.1) is 10.1 Å². The maximum absolute atomic E-state index is 12.9. The van der Waals surface area contributed by atoms with E-state index in [1.165, 1.54) is 12.1 Å². The Bertz CT molecular complexity index is 994. The van der Waals surface area contributed by atoms with Crippen molar-refractivity contribution in [2.45, 2.75) is 29.0 Å². The molecule has 3 aromatic carbocycles. The summed E-state index contributed by atoms with van der Waals surface area (Å²) in [5.41, 5.74) is 2.06. The van der Waals surface area contributed by atoms with Crippen LogP contribution in [0.3, 0.4) is 0 Å². The van der Waals surface area contributed by atoms with Crippen molar-refractivity contribution >= 4 is 29.0 Å². The van der Waals surface area contributed by atoms with Gasteiger partial charge in [-0.3, -0.25) is 14.9 Å². The summed E-state index contributed by atoms with van der Waals surface area (Å²) in [6.07, 6.45) is 1.23. The topological polar surface area (TPSA) is 63.4 Å². The molecule has 0 spiro atoms. The van der Waals surface area contributed by atoms with E-state index >= 15 is 0 Å². The van der Waals surface area contributed by atoms with Crippen LogP contribution in [0.1, 0.15) is 24.4 Å². The highest BCUT2D eigenvalue weighted by atomic mass is 32.2. The van der Waals surface area contributed by atoms with Crippen molar-refractivity contribution in [2.24, 2.45) is 0 Å². The molecule has 1 fully saturated rings. The molecule has 29 heavy (non-hydrogen) atoms. The Balaban J connectivity index is 1.70. The number of hydrogen-bond donors (Lipinski definition) is 0. The van der Waals surface area contributed by atoms with Gasteiger partial charge in [-0.2, -0.15) is 0 Å². The molecule has 0 bridgehead atoms. The SMILES string of the molecule is O=C1CC[C@@H](Sc2ccc([N+](=O)[O-])cc2)[C@@H](c2ccccc2)N1c1ccccc1. The van der Waals surface area contributed by atoms with Crippen molar-refractivity contribution in [1.82, 2.24) is 0 Å². The van der Waals surface area contributed by atoms with Crippen LogP contribution < -0.4 is 4.90 Å². The number of nitrogens with zero attached hydrogens (tertiary/aromatic N) is 2. The number of para-hydroxylation sites is 1. The van der Waals surface area contributed by atoms with Crippen LogP contribution in [-0.4, -0.2) is 16.1 Å². The Hall–Kier alpha value is -3.12. The molecule has 0 aromatic heterocycles. The van der Waals surface area contributed by atoms with Crippen molar-refractivity contribution in [2.75, 3.05) is 4.90 Å². The first-order valence-electron chi connectivity index (χ1n) is 9.46. The van der Waals surface area contributed by atoms with E-state index in [0.29, 0.717) is 6.42 Å². The van der Waals surface area contributed by atoms with Crippen LogP contribution >= 0.6 is 11.8 Å². The van der Waals surface area contributed by atoms with Crippen LogP contribution in [0.2, 0.25) is 0 Å². The van der Waals surface area contributed by atoms with Gasteiger partial charge >= 0.3 is 0 Å². The van der Waals surface area contributed by atoms with Gasteiger partial charge in [-0.1, -0.05) is 48.5 Å². The molecule has 1 heterocycles. The minimum absolute atomic E-state index is 0.0821. The predicted octanol–water partition coefficient (Wildman–Crippen LogP) is 5.62. The van der Waals surface area contributed by atoms with Crippen LogP contribution in [0.4, 0.5) is 11.4 Å². The lowest BCUT2D eigenvalue weighted by atomic mass is 9.93. The van der Waals surface area contributed by atoms with Crippen LogP contribution in [-0.2, 0) is 4.79 Å². The fourth-order valence-corrected chi connectivity index (χ4v) is 5.00. The molecule has 4 rings (SSSR count). The zero-order chi connectivity index (χ0) is 20.2. The van der Waals surface area contributed by atoms with Crippen LogP contribution in [0.5, 0.6) is 0 Å². The fraction of sp³-hybridized carbons (Fsp3) is 0.174. The van der Waals surface area contributed by atoms with Gasteiger partial charge in [-0.25, -0.2) is 0 Å². The molecule has 1 aliphatic heterocycles. The number of thioether (sulfide) groups is 1. The van der Waals surface area contributed by atoms with E-state index in [1.807, 2.05) is 53.4 Å². The van der Waals surface area contributed by atoms with Crippen molar-refractivity contribution in [3.8, 4) is 0 Å². The molecule has 146 valence electrons. The fourth-order valence-electron chi connectivity index (χ4n) is 3.72.